The molecule has 0 bridgehead atoms. The number of hydrogen-bond donors (Lipinski definition) is 4. The third-order valence-corrected chi connectivity index (χ3v) is 7.89. The molecule has 44 heavy (non-hydrogen) atoms. The number of ether oxygens (including phenoxy) is 3. The first-order valence-corrected chi connectivity index (χ1v) is 15.2. The zero-order valence-corrected chi connectivity index (χ0v) is 26.4. The normalized spacial score (nSPS) is 17.3. The average Bonchev–Trinajstić information content (AvgIpc) is 3.58. The molecule has 242 valence electrons. The number of carbonyl (C=O) groups excluding carboxylic acids is 3. The van der Waals surface area contributed by atoms with Crippen LogP contribution in [0.15, 0.2) is 29.8 Å². The first kappa shape index (κ1) is 35.1. The molecule has 14 heteroatoms. The number of aliphatic hydroxyl groups excluding tert-OH is 1. The summed E-state index contributed by atoms with van der Waals surface area (Å²) in [5, 5.41) is 24.5. The highest BCUT2D eigenvalue weighted by Crippen LogP contribution is 2.28. The topological polar surface area (TPSA) is 177 Å². The highest BCUT2D eigenvalue weighted by Gasteiger charge is 2.44. The van der Waals surface area contributed by atoms with E-state index in [0.717, 1.165) is 21.7 Å². The Morgan fingerprint density at radius 3 is 2.27 bits per heavy atom. The van der Waals surface area contributed by atoms with Crippen molar-refractivity contribution >= 4 is 35.0 Å². The fourth-order valence-electron chi connectivity index (χ4n) is 4.65. The molecule has 3 atom stereocenters. The van der Waals surface area contributed by atoms with Crippen LogP contribution in [0, 0.1) is 12.3 Å². The molecule has 2 heterocycles. The summed E-state index contributed by atoms with van der Waals surface area (Å²) in [6, 6.07) is 5.96. The summed E-state index contributed by atoms with van der Waals surface area (Å²) in [6.07, 6.45) is -0.776. The minimum atomic E-state index is -1.06. The molecular formula is C30H42N4O9S. The van der Waals surface area contributed by atoms with E-state index in [9.17, 15) is 24.3 Å². The number of benzene rings is 1. The third-order valence-electron chi connectivity index (χ3n) is 6.91. The number of aromatic nitrogens is 1. The molecule has 1 aromatic heterocycles. The minimum Gasteiger partial charge on any atom is -0.480 e. The van der Waals surface area contributed by atoms with Crippen LogP contribution in [0.5, 0.6) is 0 Å². The van der Waals surface area contributed by atoms with E-state index in [0.29, 0.717) is 0 Å². The number of carbonyl (C=O) groups is 4. The Kier molecular flexibility index (Phi) is 13.2. The van der Waals surface area contributed by atoms with Crippen LogP contribution < -0.4 is 10.6 Å². The molecular weight excluding hydrogens is 592 g/mol. The van der Waals surface area contributed by atoms with Gasteiger partial charge in [0.15, 0.2) is 0 Å². The number of carboxylic acid groups (broad SMARTS) is 1. The Morgan fingerprint density at radius 1 is 1.05 bits per heavy atom. The van der Waals surface area contributed by atoms with E-state index in [2.05, 4.69) is 15.6 Å². The van der Waals surface area contributed by atoms with Crippen molar-refractivity contribution in [3.8, 4) is 10.4 Å². The highest BCUT2D eigenvalue weighted by molar-refractivity contribution is 7.13. The molecule has 3 rings (SSSR count). The van der Waals surface area contributed by atoms with E-state index in [1.54, 1.807) is 37.6 Å². The van der Waals surface area contributed by atoms with Gasteiger partial charge in [0.1, 0.15) is 25.3 Å². The van der Waals surface area contributed by atoms with Gasteiger partial charge in [-0.25, -0.2) is 9.78 Å². The zero-order chi connectivity index (χ0) is 32.3. The first-order chi connectivity index (χ1) is 20.9. The maximum Gasteiger partial charge on any atom is 0.329 e. The second kappa shape index (κ2) is 16.6. The lowest BCUT2D eigenvalue weighted by molar-refractivity contribution is -0.144. The van der Waals surface area contributed by atoms with Gasteiger partial charge in [0.2, 0.25) is 17.7 Å². The number of aliphatic hydroxyl groups is 1. The summed E-state index contributed by atoms with van der Waals surface area (Å²) in [6.45, 7) is 7.45. The molecule has 0 aliphatic carbocycles. The van der Waals surface area contributed by atoms with Gasteiger partial charge in [0.05, 0.1) is 48.6 Å². The molecule has 1 aliphatic heterocycles. The number of nitrogens with zero attached hydrogens (tertiary/aromatic N) is 2. The number of β-amino-alcohol motifs (C(OH)–C–C–N with tert-alkyl or cyclic N) is 1. The van der Waals surface area contributed by atoms with E-state index < -0.39 is 48.0 Å². The lowest BCUT2D eigenvalue weighted by Crippen LogP contribution is -2.58. The molecule has 2 aromatic rings. The lowest BCUT2D eigenvalue weighted by atomic mass is 9.85. The van der Waals surface area contributed by atoms with Crippen LogP contribution in [0.3, 0.4) is 0 Å². The predicted molar refractivity (Wildman–Crippen MR) is 162 cm³/mol. The van der Waals surface area contributed by atoms with Crippen molar-refractivity contribution in [2.45, 2.75) is 58.8 Å². The van der Waals surface area contributed by atoms with Crippen LogP contribution in [0.4, 0.5) is 0 Å². The Labute approximate surface area is 260 Å². The fourth-order valence-corrected chi connectivity index (χ4v) is 5.46. The van der Waals surface area contributed by atoms with Crippen molar-refractivity contribution in [2.24, 2.45) is 5.41 Å². The molecule has 1 aliphatic rings. The van der Waals surface area contributed by atoms with Gasteiger partial charge in [-0.2, -0.15) is 0 Å². The summed E-state index contributed by atoms with van der Waals surface area (Å²) in [5.41, 5.74) is 4.00. The van der Waals surface area contributed by atoms with Crippen LogP contribution in [-0.4, -0.2) is 108 Å². The monoisotopic (exact) mass is 634 g/mol. The van der Waals surface area contributed by atoms with Crippen molar-refractivity contribution in [3.05, 3.63) is 41.0 Å². The molecule has 1 saturated heterocycles. The summed E-state index contributed by atoms with van der Waals surface area (Å²) in [7, 11) is 0. The van der Waals surface area contributed by atoms with Crippen LogP contribution in [0.2, 0.25) is 0 Å². The SMILES string of the molecule is Cc1ncsc1-c1ccc(CNC(=O)[C@@H]2C[C@@H](O)CN2C(=O)[C@@H](NC(=O)COCCOCCOCC(=O)O)C(C)(C)C)cc1. The molecule has 3 amide bonds. The van der Waals surface area contributed by atoms with E-state index >= 15 is 0 Å². The Hall–Kier alpha value is -3.43. The second-order valence-electron chi connectivity index (χ2n) is 11.6. The van der Waals surface area contributed by atoms with Crippen LogP contribution in [0.25, 0.3) is 10.4 Å². The highest BCUT2D eigenvalue weighted by atomic mass is 32.1. The number of aliphatic carboxylic acids is 1. The molecule has 0 radical (unpaired) electrons. The Morgan fingerprint density at radius 2 is 1.68 bits per heavy atom. The van der Waals surface area contributed by atoms with Gasteiger partial charge >= 0.3 is 5.97 Å². The smallest absolute Gasteiger partial charge is 0.329 e. The Balaban J connectivity index is 1.50. The largest absolute Gasteiger partial charge is 0.480 e. The van der Waals surface area contributed by atoms with Gasteiger partial charge in [0, 0.05) is 19.5 Å². The van der Waals surface area contributed by atoms with E-state index in [4.69, 9.17) is 19.3 Å². The van der Waals surface area contributed by atoms with Crippen molar-refractivity contribution < 1.29 is 43.6 Å². The predicted octanol–water partition coefficient (Wildman–Crippen LogP) is 1.36. The van der Waals surface area contributed by atoms with Gasteiger partial charge < -0.3 is 40.0 Å². The van der Waals surface area contributed by atoms with Crippen molar-refractivity contribution in [1.82, 2.24) is 20.5 Å². The number of nitrogens with one attached hydrogen (secondary N) is 2. The summed E-state index contributed by atoms with van der Waals surface area (Å²) in [4.78, 5) is 56.7. The molecule has 13 nitrogen and oxygen atoms in total. The second-order valence-corrected chi connectivity index (χ2v) is 12.4. The number of thiazole rings is 1. The number of likely N-dealkylation sites (tertiary alicyclic amines) is 1. The minimum absolute atomic E-state index is 0.0215. The van der Waals surface area contributed by atoms with Gasteiger partial charge in [-0.1, -0.05) is 45.0 Å². The number of hydrogen-bond acceptors (Lipinski definition) is 10. The van der Waals surface area contributed by atoms with Gasteiger partial charge in [-0.05, 0) is 23.5 Å². The van der Waals surface area contributed by atoms with Crippen LogP contribution in [0.1, 0.15) is 38.4 Å². The molecule has 4 N–H and O–H groups in total. The number of amides is 3. The van der Waals surface area contributed by atoms with E-state index in [1.807, 2.05) is 31.2 Å². The lowest BCUT2D eigenvalue weighted by Gasteiger charge is -2.35. The quantitative estimate of drug-likeness (QED) is 0.197. The molecule has 1 aromatic carbocycles. The summed E-state index contributed by atoms with van der Waals surface area (Å²) >= 11 is 1.57. The molecule has 1 fully saturated rings. The zero-order valence-electron chi connectivity index (χ0n) is 25.5. The molecule has 0 saturated carbocycles. The number of aryl methyl sites for hydroxylation is 1. The first-order valence-electron chi connectivity index (χ1n) is 14.4. The van der Waals surface area contributed by atoms with Gasteiger partial charge in [0.25, 0.3) is 0 Å². The maximum absolute atomic E-state index is 13.7. The maximum atomic E-state index is 13.7. The third kappa shape index (κ3) is 10.6. The van der Waals surface area contributed by atoms with Gasteiger partial charge in [-0.15, -0.1) is 11.3 Å². The van der Waals surface area contributed by atoms with E-state index in [1.165, 1.54) is 4.90 Å². The number of rotatable bonds is 16. The summed E-state index contributed by atoms with van der Waals surface area (Å²) < 4.78 is 15.5. The standard InChI is InChI=1S/C30H42N4O9S/c1-19-26(44-18-32-19)21-7-5-20(6-8-21)14-31-28(39)23-13-22(35)15-34(23)29(40)27(30(2,3)4)33-24(36)16-42-11-9-41-10-12-43-17-25(37)38/h5-8,18,22-23,27,35H,9-17H2,1-4H3,(H,31,39)(H,33,36)(H,37,38)/t22-,23+,27-/m1/s1. The van der Waals surface area contributed by atoms with Crippen LogP contribution >= 0.6 is 11.3 Å². The van der Waals surface area contributed by atoms with Gasteiger partial charge in [-0.3, -0.25) is 14.4 Å². The van der Waals surface area contributed by atoms with Crippen molar-refractivity contribution in [3.63, 3.8) is 0 Å². The Bertz CT molecular complexity index is 1260. The fraction of sp³-hybridized carbons (Fsp3) is 0.567. The summed E-state index contributed by atoms with van der Waals surface area (Å²) in [5.74, 6) is -2.42. The molecule has 0 spiro atoms. The number of carboxylic acids is 1. The van der Waals surface area contributed by atoms with Crippen molar-refractivity contribution in [2.75, 3.05) is 46.2 Å². The molecule has 0 unspecified atom stereocenters. The van der Waals surface area contributed by atoms with E-state index in [-0.39, 0.29) is 58.5 Å². The van der Waals surface area contributed by atoms with Crippen LogP contribution in [-0.2, 0) is 39.9 Å². The average molecular weight is 635 g/mol. The van der Waals surface area contributed by atoms with Crippen molar-refractivity contribution in [1.29, 1.82) is 0 Å².